The molecule has 0 bridgehead atoms. The summed E-state index contributed by atoms with van der Waals surface area (Å²) in [5.41, 5.74) is 3.65. The number of carbonyl (C=O) groups is 1. The minimum atomic E-state index is -0.0832. The van der Waals surface area contributed by atoms with Gasteiger partial charge in [-0.05, 0) is 49.1 Å². The van der Waals surface area contributed by atoms with Crippen LogP contribution >= 0.6 is 0 Å². The van der Waals surface area contributed by atoms with E-state index in [1.807, 2.05) is 55.5 Å². The van der Waals surface area contributed by atoms with Crippen LogP contribution in [0.15, 0.2) is 60.8 Å². The van der Waals surface area contributed by atoms with Gasteiger partial charge >= 0.3 is 0 Å². The van der Waals surface area contributed by atoms with E-state index in [-0.39, 0.29) is 8.64 Å². The molecular weight excluding hydrogens is 384 g/mol. The topological polar surface area (TPSA) is 58.1 Å². The van der Waals surface area contributed by atoms with E-state index in [2.05, 4.69) is 29.0 Å². The zero-order valence-electron chi connectivity index (χ0n) is 18.5. The summed E-state index contributed by atoms with van der Waals surface area (Å²) in [4.78, 5) is 25.1. The lowest BCUT2D eigenvalue weighted by Crippen LogP contribution is -2.51. The summed E-state index contributed by atoms with van der Waals surface area (Å²) in [7, 11) is 0. The predicted octanol–water partition coefficient (Wildman–Crippen LogP) is 5.00. The van der Waals surface area contributed by atoms with E-state index in [1.54, 1.807) is 12.3 Å². The van der Waals surface area contributed by atoms with Gasteiger partial charge in [-0.2, -0.15) is 0 Å². The first-order chi connectivity index (χ1) is 15.0. The molecular formula is C26H34N4O. The summed E-state index contributed by atoms with van der Waals surface area (Å²) in [6.07, 6.45) is 2.84. The van der Waals surface area contributed by atoms with Crippen LogP contribution < -0.4 is 10.2 Å². The quantitative estimate of drug-likeness (QED) is 0.571. The van der Waals surface area contributed by atoms with Gasteiger partial charge in [-0.1, -0.05) is 44.2 Å². The molecule has 0 aliphatic carbocycles. The van der Waals surface area contributed by atoms with Gasteiger partial charge in [0.2, 0.25) is 5.78 Å². The Morgan fingerprint density at radius 1 is 1.16 bits per heavy atom. The molecule has 0 unspecified atom stereocenters. The lowest BCUT2D eigenvalue weighted by Gasteiger charge is -2.35. The highest BCUT2D eigenvalue weighted by Gasteiger charge is 2.24. The highest BCUT2D eigenvalue weighted by Crippen LogP contribution is 2.28. The van der Waals surface area contributed by atoms with Crippen LogP contribution in [0.25, 0.3) is 11.1 Å². The van der Waals surface area contributed by atoms with Crippen molar-refractivity contribution in [1.29, 1.82) is 0 Å². The maximum absolute atomic E-state index is 13.6. The molecule has 1 aliphatic heterocycles. The van der Waals surface area contributed by atoms with E-state index < -0.39 is 0 Å². The summed E-state index contributed by atoms with van der Waals surface area (Å²) in [5.74, 6) is 1.41. The fourth-order valence-electron chi connectivity index (χ4n) is 4.26. The molecule has 0 amide bonds. The molecule has 3 aromatic rings. The zero-order chi connectivity index (χ0) is 21.8. The molecule has 1 atom stereocenters. The first-order valence-corrected chi connectivity index (χ1v) is 11.0. The van der Waals surface area contributed by atoms with Gasteiger partial charge in [0.05, 0.1) is 0 Å². The lowest BCUT2D eigenvalue weighted by molar-refractivity contribution is 0.103. The Kier molecular flexibility index (Phi) is 6.42. The maximum Gasteiger partial charge on any atom is 0.213 e. The minimum absolute atomic E-state index is 0. The average Bonchev–Trinajstić information content (AvgIpc) is 2.79. The number of benzene rings is 1. The van der Waals surface area contributed by atoms with Crippen LogP contribution in [0.1, 0.15) is 44.9 Å². The molecule has 0 spiro atoms. The monoisotopic (exact) mass is 418 g/mol. The minimum Gasteiger partial charge on any atom is -0.354 e. The third kappa shape index (κ3) is 4.83. The smallest absolute Gasteiger partial charge is 0.213 e. The molecule has 1 aromatic carbocycles. The maximum atomic E-state index is 13.6. The van der Waals surface area contributed by atoms with Crippen molar-refractivity contribution < 1.29 is 7.65 Å². The Hall–Kier alpha value is -3.05. The van der Waals surface area contributed by atoms with Crippen molar-refractivity contribution in [2.75, 3.05) is 24.5 Å². The largest absolute Gasteiger partial charge is 0.354 e. The van der Waals surface area contributed by atoms with Gasteiger partial charge in [-0.15, -0.1) is 0 Å². The van der Waals surface area contributed by atoms with E-state index in [9.17, 15) is 4.79 Å². The summed E-state index contributed by atoms with van der Waals surface area (Å²) < 4.78 is 0. The molecule has 31 heavy (non-hydrogen) atoms. The predicted molar refractivity (Wildman–Crippen MR) is 130 cm³/mol. The van der Waals surface area contributed by atoms with E-state index in [1.165, 1.54) is 0 Å². The van der Waals surface area contributed by atoms with Gasteiger partial charge in [0, 0.05) is 51.5 Å². The average molecular weight is 419 g/mol. The molecule has 0 saturated carbocycles. The number of hydrogen-bond acceptors (Lipinski definition) is 5. The van der Waals surface area contributed by atoms with Gasteiger partial charge < -0.3 is 10.2 Å². The Labute approximate surface area is 187 Å². The van der Waals surface area contributed by atoms with Crippen molar-refractivity contribution in [1.82, 2.24) is 15.3 Å². The normalized spacial score (nSPS) is 16.5. The molecule has 1 saturated heterocycles. The first kappa shape index (κ1) is 21.2. The zero-order valence-corrected chi connectivity index (χ0v) is 18.5. The van der Waals surface area contributed by atoms with Crippen molar-refractivity contribution in [2.45, 2.75) is 33.2 Å². The van der Waals surface area contributed by atoms with Crippen molar-refractivity contribution in [3.05, 3.63) is 77.7 Å². The SMILES string of the molecule is Cc1ncccc1C(=O)c1nc(N2CCN[C@@H](CC(C)C)C2)ccc1-c1ccccc1.[HH].[HH]. The highest BCUT2D eigenvalue weighted by atomic mass is 16.1. The van der Waals surface area contributed by atoms with Gasteiger partial charge in [0.15, 0.2) is 0 Å². The highest BCUT2D eigenvalue weighted by molar-refractivity contribution is 6.12. The number of hydrogen-bond donors (Lipinski definition) is 1. The molecule has 1 N–H and O–H groups in total. The number of nitrogens with zero attached hydrogens (tertiary/aromatic N) is 3. The number of anilines is 1. The van der Waals surface area contributed by atoms with Crippen molar-refractivity contribution >= 4 is 11.6 Å². The fraction of sp³-hybridized carbons (Fsp3) is 0.346. The second-order valence-electron chi connectivity index (χ2n) is 8.62. The van der Waals surface area contributed by atoms with Crippen LogP contribution in [0.5, 0.6) is 0 Å². The number of nitrogens with one attached hydrogen (secondary N) is 1. The van der Waals surface area contributed by atoms with E-state index in [0.717, 1.165) is 48.7 Å². The molecule has 4 rings (SSSR count). The molecule has 5 heteroatoms. The molecule has 1 fully saturated rings. The number of piperazine rings is 1. The van der Waals surface area contributed by atoms with Gasteiger partial charge in [-0.25, -0.2) is 4.98 Å². The van der Waals surface area contributed by atoms with Crippen LogP contribution in [0.2, 0.25) is 0 Å². The van der Waals surface area contributed by atoms with Gasteiger partial charge in [-0.3, -0.25) is 9.78 Å². The summed E-state index contributed by atoms with van der Waals surface area (Å²) >= 11 is 0. The number of rotatable bonds is 6. The summed E-state index contributed by atoms with van der Waals surface area (Å²) in [6.45, 7) is 9.07. The van der Waals surface area contributed by atoms with Crippen molar-refractivity contribution in [2.24, 2.45) is 5.92 Å². The fourth-order valence-corrected chi connectivity index (χ4v) is 4.26. The van der Waals surface area contributed by atoms with Crippen molar-refractivity contribution in [3.63, 3.8) is 0 Å². The molecule has 3 heterocycles. The Morgan fingerprint density at radius 3 is 2.71 bits per heavy atom. The molecule has 2 aromatic heterocycles. The van der Waals surface area contributed by atoms with Gasteiger partial charge in [0.25, 0.3) is 0 Å². The Balaban J connectivity index is 0.00000193. The third-order valence-electron chi connectivity index (χ3n) is 5.77. The number of carbonyl (C=O) groups excluding carboxylic acids is 1. The van der Waals surface area contributed by atoms with Gasteiger partial charge in [0.1, 0.15) is 11.5 Å². The first-order valence-electron chi connectivity index (χ1n) is 11.0. The second-order valence-corrected chi connectivity index (χ2v) is 8.62. The summed E-state index contributed by atoms with van der Waals surface area (Å²) in [5, 5.41) is 3.61. The van der Waals surface area contributed by atoms with Crippen molar-refractivity contribution in [3.8, 4) is 11.1 Å². The molecule has 0 radical (unpaired) electrons. The summed E-state index contributed by atoms with van der Waals surface area (Å²) in [6, 6.07) is 18.1. The van der Waals surface area contributed by atoms with Crippen LogP contribution in [0.4, 0.5) is 5.82 Å². The third-order valence-corrected chi connectivity index (χ3v) is 5.77. The van der Waals surface area contributed by atoms with Crippen LogP contribution in [0.3, 0.4) is 0 Å². The lowest BCUT2D eigenvalue weighted by atomic mass is 9.97. The van der Waals surface area contributed by atoms with E-state index in [4.69, 9.17) is 4.98 Å². The second kappa shape index (κ2) is 9.40. The number of ketones is 1. The van der Waals surface area contributed by atoms with Crippen LogP contribution in [-0.2, 0) is 0 Å². The van der Waals surface area contributed by atoms with Crippen LogP contribution in [0, 0.1) is 12.8 Å². The van der Waals surface area contributed by atoms with E-state index >= 15 is 0 Å². The van der Waals surface area contributed by atoms with E-state index in [0.29, 0.717) is 23.2 Å². The standard InChI is InChI=1S/C26H30N4O.2H2/c1-18(2)16-21-17-30(15-14-28-21)24-12-11-23(20-8-5-4-6-9-20)25(29-24)26(31)22-10-7-13-27-19(22)3;;/h4-13,18,21,28H,14-17H2,1-3H3;2*1H/t21-;;/m0../s1. The van der Waals surface area contributed by atoms with Crippen LogP contribution in [-0.4, -0.2) is 41.4 Å². The number of aromatic nitrogens is 2. The molecule has 5 nitrogen and oxygen atoms in total. The molecule has 1 aliphatic rings. The molecule has 164 valence electrons. The Morgan fingerprint density at radius 2 is 1.97 bits per heavy atom. The number of pyridine rings is 2. The Bertz CT molecular complexity index is 1060. The number of aryl methyl sites for hydroxylation is 1.